The van der Waals surface area contributed by atoms with Gasteiger partial charge < -0.3 is 19.7 Å². The van der Waals surface area contributed by atoms with E-state index >= 15 is 0 Å². The van der Waals surface area contributed by atoms with Gasteiger partial charge in [0.2, 0.25) is 21.8 Å². The number of hydrogen-bond acceptors (Lipinski definition) is 6. The molecule has 9 nitrogen and oxygen atoms in total. The highest BCUT2D eigenvalue weighted by Gasteiger charge is 2.31. The quantitative estimate of drug-likeness (QED) is 0.246. The molecule has 0 aliphatic carbocycles. The van der Waals surface area contributed by atoms with Gasteiger partial charge in [0.15, 0.2) is 11.5 Å². The molecule has 0 saturated carbocycles. The lowest BCUT2D eigenvalue weighted by molar-refractivity contribution is -0.141. The first-order valence-corrected chi connectivity index (χ1v) is 17.4. The molecular formula is C33H40BrN3O6S. The second-order valence-corrected chi connectivity index (χ2v) is 13.8. The highest BCUT2D eigenvalue weighted by molar-refractivity contribution is 9.10. The molecule has 2 unspecified atom stereocenters. The van der Waals surface area contributed by atoms with Gasteiger partial charge in [-0.3, -0.25) is 13.9 Å². The number of nitrogens with one attached hydrogen (secondary N) is 1. The van der Waals surface area contributed by atoms with E-state index < -0.39 is 16.1 Å². The summed E-state index contributed by atoms with van der Waals surface area (Å²) in [7, 11) is -3.66. The average Bonchev–Trinajstić information content (AvgIpc) is 3.00. The third-order valence-electron chi connectivity index (χ3n) is 7.48. The van der Waals surface area contributed by atoms with Crippen LogP contribution in [0.1, 0.15) is 44.2 Å². The van der Waals surface area contributed by atoms with Crippen LogP contribution in [0.15, 0.2) is 77.3 Å². The monoisotopic (exact) mass is 685 g/mol. The van der Waals surface area contributed by atoms with Crippen LogP contribution in [-0.4, -0.2) is 63.2 Å². The van der Waals surface area contributed by atoms with Crippen LogP contribution in [0.25, 0.3) is 0 Å². The Balaban J connectivity index is 1.58. The molecular weight excluding hydrogens is 646 g/mol. The SMILES string of the molecule is CCC(C)NC(=O)C(Cc1ccccc1)N(Cc1cccc(Br)c1)C(=O)CCCN(c1ccc2c(c1)OCCO2)S(C)(=O)=O. The normalized spacial score (nSPS) is 13.9. The number of anilines is 1. The van der Waals surface area contributed by atoms with Crippen LogP contribution in [0.5, 0.6) is 11.5 Å². The molecule has 2 atom stereocenters. The van der Waals surface area contributed by atoms with Gasteiger partial charge in [-0.2, -0.15) is 0 Å². The van der Waals surface area contributed by atoms with E-state index in [4.69, 9.17) is 9.47 Å². The van der Waals surface area contributed by atoms with Crippen molar-refractivity contribution in [2.75, 3.05) is 30.3 Å². The number of carbonyl (C=O) groups is 2. The van der Waals surface area contributed by atoms with Gasteiger partial charge in [-0.1, -0.05) is 65.3 Å². The van der Waals surface area contributed by atoms with Crippen molar-refractivity contribution >= 4 is 43.5 Å². The highest BCUT2D eigenvalue weighted by atomic mass is 79.9. The largest absolute Gasteiger partial charge is 0.486 e. The lowest BCUT2D eigenvalue weighted by Crippen LogP contribution is -2.52. The molecule has 2 amide bonds. The average molecular weight is 687 g/mol. The van der Waals surface area contributed by atoms with E-state index in [0.717, 1.165) is 28.3 Å². The number of sulfonamides is 1. The summed E-state index contributed by atoms with van der Waals surface area (Å²) in [6.45, 7) is 5.05. The molecule has 0 saturated heterocycles. The second kappa shape index (κ2) is 15.4. The van der Waals surface area contributed by atoms with Gasteiger partial charge in [-0.25, -0.2) is 8.42 Å². The van der Waals surface area contributed by atoms with Crippen molar-refractivity contribution < 1.29 is 27.5 Å². The topological polar surface area (TPSA) is 105 Å². The van der Waals surface area contributed by atoms with Crippen LogP contribution in [-0.2, 0) is 32.6 Å². The molecule has 1 aliphatic heterocycles. The molecule has 11 heteroatoms. The number of rotatable bonds is 14. The van der Waals surface area contributed by atoms with Crippen molar-refractivity contribution in [2.45, 2.75) is 58.2 Å². The van der Waals surface area contributed by atoms with E-state index in [1.54, 1.807) is 23.1 Å². The number of hydrogen-bond donors (Lipinski definition) is 1. The van der Waals surface area contributed by atoms with Crippen LogP contribution < -0.4 is 19.1 Å². The van der Waals surface area contributed by atoms with Gasteiger partial charge in [0.05, 0.1) is 11.9 Å². The number of halogens is 1. The summed E-state index contributed by atoms with van der Waals surface area (Å²) >= 11 is 3.51. The van der Waals surface area contributed by atoms with Crippen LogP contribution in [0, 0.1) is 0 Å². The fourth-order valence-corrected chi connectivity index (χ4v) is 6.42. The number of ether oxygens (including phenoxy) is 2. The zero-order chi connectivity index (χ0) is 31.7. The molecule has 0 aromatic heterocycles. The highest BCUT2D eigenvalue weighted by Crippen LogP contribution is 2.35. The molecule has 0 bridgehead atoms. The van der Waals surface area contributed by atoms with Crippen molar-refractivity contribution in [3.63, 3.8) is 0 Å². The van der Waals surface area contributed by atoms with Gasteiger partial charge in [0.1, 0.15) is 19.3 Å². The van der Waals surface area contributed by atoms with E-state index in [-0.39, 0.29) is 43.8 Å². The molecule has 3 aromatic rings. The Kier molecular flexibility index (Phi) is 11.7. The number of nitrogens with zero attached hydrogens (tertiary/aromatic N) is 2. The summed E-state index contributed by atoms with van der Waals surface area (Å²) in [5, 5.41) is 3.07. The fourth-order valence-electron chi connectivity index (χ4n) is 5.02. The maximum absolute atomic E-state index is 14.0. The smallest absolute Gasteiger partial charge is 0.243 e. The van der Waals surface area contributed by atoms with Crippen LogP contribution in [0.3, 0.4) is 0 Å². The molecule has 236 valence electrons. The summed E-state index contributed by atoms with van der Waals surface area (Å²) < 4.78 is 39.0. The fraction of sp³-hybridized carbons (Fsp3) is 0.394. The zero-order valence-corrected chi connectivity index (χ0v) is 27.8. The summed E-state index contributed by atoms with van der Waals surface area (Å²) in [5.41, 5.74) is 2.24. The standard InChI is InChI=1S/C33H40BrN3O6S/c1-4-24(2)35-33(39)29(21-25-10-6-5-7-11-25)36(23-26-12-8-13-27(34)20-26)32(38)14-9-17-37(44(3,40)41)28-15-16-30-31(22-28)43-19-18-42-30/h5-8,10-13,15-16,20,22,24,29H,4,9,14,17-19,21,23H2,1-3H3,(H,35,39). The first-order chi connectivity index (χ1) is 21.0. The minimum Gasteiger partial charge on any atom is -0.486 e. The van der Waals surface area contributed by atoms with E-state index in [1.807, 2.05) is 68.4 Å². The van der Waals surface area contributed by atoms with Crippen molar-refractivity contribution in [3.05, 3.63) is 88.4 Å². The second-order valence-electron chi connectivity index (χ2n) is 10.9. The van der Waals surface area contributed by atoms with Crippen molar-refractivity contribution in [1.82, 2.24) is 10.2 Å². The van der Waals surface area contributed by atoms with Gasteiger partial charge in [0, 0.05) is 42.5 Å². The first kappa shape index (κ1) is 33.3. The molecule has 1 aliphatic rings. The lowest BCUT2D eigenvalue weighted by Gasteiger charge is -2.33. The van der Waals surface area contributed by atoms with Gasteiger partial charge in [0.25, 0.3) is 0 Å². The maximum Gasteiger partial charge on any atom is 0.243 e. The Bertz CT molecular complexity index is 1540. The first-order valence-electron chi connectivity index (χ1n) is 14.8. The summed E-state index contributed by atoms with van der Waals surface area (Å²) in [6.07, 6.45) is 2.53. The van der Waals surface area contributed by atoms with Crippen molar-refractivity contribution in [2.24, 2.45) is 0 Å². The molecule has 1 heterocycles. The molecule has 1 N–H and O–H groups in total. The predicted molar refractivity (Wildman–Crippen MR) is 175 cm³/mol. The van der Waals surface area contributed by atoms with E-state index in [2.05, 4.69) is 21.2 Å². The summed E-state index contributed by atoms with van der Waals surface area (Å²) in [5.74, 6) is 0.586. The lowest BCUT2D eigenvalue weighted by atomic mass is 10.0. The molecule has 0 spiro atoms. The number of fused-ring (bicyclic) bond motifs is 1. The summed E-state index contributed by atoms with van der Waals surface area (Å²) in [4.78, 5) is 29.4. The Morgan fingerprint density at radius 3 is 2.34 bits per heavy atom. The zero-order valence-electron chi connectivity index (χ0n) is 25.4. The number of amides is 2. The van der Waals surface area contributed by atoms with Crippen LogP contribution >= 0.6 is 15.9 Å². The summed E-state index contributed by atoms with van der Waals surface area (Å²) in [6, 6.07) is 21.5. The number of carbonyl (C=O) groups excluding carboxylic acids is 2. The van der Waals surface area contributed by atoms with Gasteiger partial charge >= 0.3 is 0 Å². The third kappa shape index (κ3) is 9.22. The van der Waals surface area contributed by atoms with E-state index in [9.17, 15) is 18.0 Å². The minimum absolute atomic E-state index is 0.0481. The van der Waals surface area contributed by atoms with Crippen molar-refractivity contribution in [3.8, 4) is 11.5 Å². The number of benzene rings is 3. The van der Waals surface area contributed by atoms with E-state index in [1.165, 1.54) is 4.31 Å². The molecule has 0 fully saturated rings. The maximum atomic E-state index is 14.0. The van der Waals surface area contributed by atoms with Crippen LogP contribution in [0.2, 0.25) is 0 Å². The van der Waals surface area contributed by atoms with Crippen molar-refractivity contribution in [1.29, 1.82) is 0 Å². The Morgan fingerprint density at radius 2 is 1.66 bits per heavy atom. The third-order valence-corrected chi connectivity index (χ3v) is 9.17. The van der Waals surface area contributed by atoms with E-state index in [0.29, 0.717) is 36.8 Å². The molecule has 44 heavy (non-hydrogen) atoms. The molecule has 4 rings (SSSR count). The van der Waals surface area contributed by atoms with Crippen LogP contribution in [0.4, 0.5) is 5.69 Å². The van der Waals surface area contributed by atoms with Gasteiger partial charge in [-0.05, 0) is 55.2 Å². The minimum atomic E-state index is -3.66. The van der Waals surface area contributed by atoms with Gasteiger partial charge in [-0.15, -0.1) is 0 Å². The Labute approximate surface area is 268 Å². The Morgan fingerprint density at radius 1 is 0.955 bits per heavy atom. The molecule has 0 radical (unpaired) electrons. The predicted octanol–water partition coefficient (Wildman–Crippen LogP) is 5.32. The Hall–Kier alpha value is -3.57. The molecule has 3 aromatic carbocycles.